The number of aromatic nitrogens is 4. The Morgan fingerprint density at radius 1 is 1.33 bits per heavy atom. The highest BCUT2D eigenvalue weighted by Crippen LogP contribution is 2.30. The van der Waals surface area contributed by atoms with E-state index in [1.807, 2.05) is 0 Å². The van der Waals surface area contributed by atoms with E-state index in [2.05, 4.69) is 20.4 Å². The van der Waals surface area contributed by atoms with Crippen molar-refractivity contribution in [3.8, 4) is 5.88 Å². The van der Waals surface area contributed by atoms with Crippen LogP contribution >= 0.6 is 0 Å². The van der Waals surface area contributed by atoms with Gasteiger partial charge in [0.25, 0.3) is 0 Å². The van der Waals surface area contributed by atoms with Crippen LogP contribution < -0.4 is 10.1 Å². The fraction of sp³-hybridized carbons (Fsp3) is 0.417. The molecule has 6 nitrogen and oxygen atoms in total. The standard InChI is InChI=1S/C12H14F3N5O/c1-3-21-10-4-9(17-7-18-10)16-5-8-6-20(2)19-11(8)12(13,14)15/h4,6-7H,3,5H2,1-2H3,(H,16,17,18). The second-order valence-corrected chi connectivity index (χ2v) is 4.20. The summed E-state index contributed by atoms with van der Waals surface area (Å²) in [6, 6.07) is 1.52. The topological polar surface area (TPSA) is 64.9 Å². The number of hydrogen-bond donors (Lipinski definition) is 1. The largest absolute Gasteiger partial charge is 0.478 e. The summed E-state index contributed by atoms with van der Waals surface area (Å²) < 4.78 is 44.7. The zero-order chi connectivity index (χ0) is 15.5. The molecule has 0 amide bonds. The molecule has 114 valence electrons. The first kappa shape index (κ1) is 15.1. The molecular formula is C12H14F3N5O. The van der Waals surface area contributed by atoms with E-state index in [0.29, 0.717) is 18.3 Å². The lowest BCUT2D eigenvalue weighted by Crippen LogP contribution is -2.12. The highest BCUT2D eigenvalue weighted by molar-refractivity contribution is 5.38. The number of anilines is 1. The molecule has 0 atom stereocenters. The number of nitrogens with zero attached hydrogens (tertiary/aromatic N) is 4. The van der Waals surface area contributed by atoms with Crippen LogP contribution in [0, 0.1) is 0 Å². The van der Waals surface area contributed by atoms with Crippen molar-refractivity contribution in [3.63, 3.8) is 0 Å². The summed E-state index contributed by atoms with van der Waals surface area (Å²) in [6.45, 7) is 2.20. The lowest BCUT2D eigenvalue weighted by atomic mass is 10.2. The molecule has 2 heterocycles. The van der Waals surface area contributed by atoms with Crippen LogP contribution in [0.4, 0.5) is 19.0 Å². The van der Waals surface area contributed by atoms with Crippen LogP contribution in [0.2, 0.25) is 0 Å². The molecular weight excluding hydrogens is 287 g/mol. The van der Waals surface area contributed by atoms with Gasteiger partial charge in [0, 0.05) is 31.4 Å². The normalized spacial score (nSPS) is 11.5. The molecule has 0 aliphatic heterocycles. The van der Waals surface area contributed by atoms with Crippen LogP contribution in [0.25, 0.3) is 0 Å². The maximum atomic E-state index is 12.8. The van der Waals surface area contributed by atoms with Crippen molar-refractivity contribution in [2.24, 2.45) is 7.05 Å². The van der Waals surface area contributed by atoms with E-state index in [1.54, 1.807) is 6.92 Å². The van der Waals surface area contributed by atoms with E-state index in [0.717, 1.165) is 4.68 Å². The van der Waals surface area contributed by atoms with Crippen LogP contribution in [-0.4, -0.2) is 26.4 Å². The maximum Gasteiger partial charge on any atom is 0.435 e. The average molecular weight is 301 g/mol. The highest BCUT2D eigenvalue weighted by Gasteiger charge is 2.36. The van der Waals surface area contributed by atoms with Gasteiger partial charge in [-0.2, -0.15) is 18.3 Å². The molecule has 0 saturated heterocycles. The fourth-order valence-electron chi connectivity index (χ4n) is 1.75. The van der Waals surface area contributed by atoms with Gasteiger partial charge in [0.1, 0.15) is 12.1 Å². The van der Waals surface area contributed by atoms with Crippen molar-refractivity contribution < 1.29 is 17.9 Å². The molecule has 0 radical (unpaired) electrons. The van der Waals surface area contributed by atoms with Crippen LogP contribution in [0.3, 0.4) is 0 Å². The summed E-state index contributed by atoms with van der Waals surface area (Å²) in [5.74, 6) is 0.739. The third kappa shape index (κ3) is 3.83. The van der Waals surface area contributed by atoms with Gasteiger partial charge in [0.15, 0.2) is 5.69 Å². The predicted octanol–water partition coefficient (Wildman–Crippen LogP) is 2.24. The van der Waals surface area contributed by atoms with Crippen molar-refractivity contribution >= 4 is 5.82 Å². The number of ether oxygens (including phenoxy) is 1. The van der Waals surface area contributed by atoms with E-state index >= 15 is 0 Å². The maximum absolute atomic E-state index is 12.8. The molecule has 0 bridgehead atoms. The minimum atomic E-state index is -4.49. The van der Waals surface area contributed by atoms with Gasteiger partial charge >= 0.3 is 6.18 Å². The van der Waals surface area contributed by atoms with Gasteiger partial charge in [-0.3, -0.25) is 4.68 Å². The van der Waals surface area contributed by atoms with Crippen LogP contribution in [-0.2, 0) is 19.8 Å². The second-order valence-electron chi connectivity index (χ2n) is 4.20. The van der Waals surface area contributed by atoms with Crippen LogP contribution in [0.5, 0.6) is 5.88 Å². The summed E-state index contributed by atoms with van der Waals surface area (Å²) in [5, 5.41) is 6.24. The monoisotopic (exact) mass is 301 g/mol. The van der Waals surface area contributed by atoms with Crippen molar-refractivity contribution in [2.45, 2.75) is 19.6 Å². The molecule has 0 aliphatic rings. The molecule has 0 aliphatic carbocycles. The van der Waals surface area contributed by atoms with E-state index in [9.17, 15) is 13.2 Å². The Balaban J connectivity index is 2.11. The van der Waals surface area contributed by atoms with Crippen molar-refractivity contribution in [1.82, 2.24) is 19.7 Å². The fourth-order valence-corrected chi connectivity index (χ4v) is 1.75. The zero-order valence-electron chi connectivity index (χ0n) is 11.5. The SMILES string of the molecule is CCOc1cc(NCc2cn(C)nc2C(F)(F)F)ncn1. The predicted molar refractivity (Wildman–Crippen MR) is 68.7 cm³/mol. The Morgan fingerprint density at radius 2 is 2.10 bits per heavy atom. The van der Waals surface area contributed by atoms with E-state index in [1.165, 1.54) is 25.6 Å². The van der Waals surface area contributed by atoms with Gasteiger partial charge in [-0.1, -0.05) is 0 Å². The zero-order valence-corrected chi connectivity index (χ0v) is 11.5. The molecule has 9 heteroatoms. The van der Waals surface area contributed by atoms with Crippen molar-refractivity contribution in [2.75, 3.05) is 11.9 Å². The Bertz CT molecular complexity index is 611. The molecule has 21 heavy (non-hydrogen) atoms. The number of nitrogens with one attached hydrogen (secondary N) is 1. The molecule has 2 rings (SSSR count). The number of hydrogen-bond acceptors (Lipinski definition) is 5. The van der Waals surface area contributed by atoms with Gasteiger partial charge in [0.05, 0.1) is 6.61 Å². The summed E-state index contributed by atoms with van der Waals surface area (Å²) in [6.07, 6.45) is -1.89. The smallest absolute Gasteiger partial charge is 0.435 e. The van der Waals surface area contributed by atoms with Crippen molar-refractivity contribution in [3.05, 3.63) is 29.8 Å². The summed E-state index contributed by atoms with van der Waals surface area (Å²) in [4.78, 5) is 7.80. The minimum Gasteiger partial charge on any atom is -0.478 e. The van der Waals surface area contributed by atoms with Gasteiger partial charge in [0.2, 0.25) is 5.88 Å². The molecule has 2 aromatic heterocycles. The molecule has 0 fully saturated rings. The van der Waals surface area contributed by atoms with Gasteiger partial charge in [-0.05, 0) is 6.92 Å². The first-order valence-electron chi connectivity index (χ1n) is 6.18. The summed E-state index contributed by atoms with van der Waals surface area (Å²) in [5.41, 5.74) is -0.863. The van der Waals surface area contributed by atoms with Crippen LogP contribution in [0.15, 0.2) is 18.6 Å². The number of alkyl halides is 3. The Morgan fingerprint density at radius 3 is 2.76 bits per heavy atom. The summed E-state index contributed by atoms with van der Waals surface area (Å²) >= 11 is 0. The molecule has 1 N–H and O–H groups in total. The molecule has 0 spiro atoms. The first-order chi connectivity index (χ1) is 9.90. The Hall–Kier alpha value is -2.32. The molecule has 2 aromatic rings. The lowest BCUT2D eigenvalue weighted by Gasteiger charge is -2.08. The van der Waals surface area contributed by atoms with Crippen molar-refractivity contribution in [1.29, 1.82) is 0 Å². The lowest BCUT2D eigenvalue weighted by molar-refractivity contribution is -0.142. The van der Waals surface area contributed by atoms with Gasteiger partial charge in [-0.15, -0.1) is 0 Å². The molecule has 0 unspecified atom stereocenters. The van der Waals surface area contributed by atoms with E-state index < -0.39 is 11.9 Å². The number of aryl methyl sites for hydroxylation is 1. The second kappa shape index (κ2) is 5.98. The Kier molecular flexibility index (Phi) is 4.29. The quantitative estimate of drug-likeness (QED) is 0.917. The van der Waals surface area contributed by atoms with Crippen LogP contribution in [0.1, 0.15) is 18.2 Å². The third-order valence-electron chi connectivity index (χ3n) is 2.57. The number of halogens is 3. The molecule has 0 saturated carbocycles. The third-order valence-corrected chi connectivity index (χ3v) is 2.57. The highest BCUT2D eigenvalue weighted by atomic mass is 19.4. The van der Waals surface area contributed by atoms with E-state index in [4.69, 9.17) is 4.74 Å². The minimum absolute atomic E-state index is 0.0431. The molecule has 0 aromatic carbocycles. The van der Waals surface area contributed by atoms with Gasteiger partial charge < -0.3 is 10.1 Å². The number of rotatable bonds is 5. The average Bonchev–Trinajstić information content (AvgIpc) is 2.79. The van der Waals surface area contributed by atoms with Gasteiger partial charge in [-0.25, -0.2) is 9.97 Å². The first-order valence-corrected chi connectivity index (χ1v) is 6.18. The van der Waals surface area contributed by atoms with E-state index in [-0.39, 0.29) is 12.1 Å². The summed E-state index contributed by atoms with van der Waals surface area (Å²) in [7, 11) is 1.44. The Labute approximate surface area is 119 Å².